The van der Waals surface area contributed by atoms with E-state index in [1.165, 1.54) is 5.56 Å². The highest BCUT2D eigenvalue weighted by Gasteiger charge is 2.16. The predicted molar refractivity (Wildman–Crippen MR) is 83.7 cm³/mol. The van der Waals surface area contributed by atoms with Gasteiger partial charge in [0, 0.05) is 22.8 Å². The number of aryl methyl sites for hydroxylation is 1. The van der Waals surface area contributed by atoms with Crippen LogP contribution in [0, 0.1) is 13.8 Å². The van der Waals surface area contributed by atoms with E-state index in [2.05, 4.69) is 26.7 Å². The van der Waals surface area contributed by atoms with Crippen molar-refractivity contribution in [2.24, 2.45) is 5.11 Å². The van der Waals surface area contributed by atoms with Crippen LogP contribution < -0.4 is 0 Å². The summed E-state index contributed by atoms with van der Waals surface area (Å²) in [6.45, 7) is 4.81. The van der Waals surface area contributed by atoms with Crippen molar-refractivity contribution in [3.05, 3.63) is 69.4 Å². The third-order valence-corrected chi connectivity index (χ3v) is 3.46. The first-order chi connectivity index (χ1) is 10.6. The number of aromatic nitrogens is 1. The number of hydrogen-bond donors (Lipinski definition) is 0. The lowest BCUT2D eigenvalue weighted by Gasteiger charge is -2.10. The van der Waals surface area contributed by atoms with E-state index in [4.69, 9.17) is 10.3 Å². The van der Waals surface area contributed by atoms with Gasteiger partial charge in [0.15, 0.2) is 0 Å². The number of nitrogens with zero attached hydrogens (tertiary/aromatic N) is 4. The molecule has 0 N–H and O–H groups in total. The normalized spacial score (nSPS) is 10.1. The molecule has 0 atom stereocenters. The second kappa shape index (κ2) is 7.33. The number of carbonyl (C=O) groups excluding carboxylic acids is 1. The second-order valence-corrected chi connectivity index (χ2v) is 4.95. The minimum Gasteiger partial charge on any atom is -0.462 e. The number of benzene rings is 1. The van der Waals surface area contributed by atoms with E-state index in [-0.39, 0.29) is 19.1 Å². The van der Waals surface area contributed by atoms with Gasteiger partial charge in [-0.2, -0.15) is 0 Å². The van der Waals surface area contributed by atoms with Crippen molar-refractivity contribution < 1.29 is 9.53 Å². The first-order valence-electron chi connectivity index (χ1n) is 7.02. The fourth-order valence-corrected chi connectivity index (χ4v) is 2.32. The summed E-state index contributed by atoms with van der Waals surface area (Å²) in [5.41, 5.74) is 11.8. The van der Waals surface area contributed by atoms with Crippen LogP contribution >= 0.6 is 0 Å². The second-order valence-electron chi connectivity index (χ2n) is 4.95. The summed E-state index contributed by atoms with van der Waals surface area (Å²) in [7, 11) is 0. The average molecular weight is 298 g/mol. The topological polar surface area (TPSA) is 80.0 Å². The summed E-state index contributed by atoms with van der Waals surface area (Å²) in [4.78, 5) is 14.7. The molecule has 0 aliphatic rings. The maximum Gasteiger partial charge on any atom is 0.339 e. The number of rotatable bonds is 6. The average Bonchev–Trinajstić information content (AvgIpc) is 2.81. The lowest BCUT2D eigenvalue weighted by molar-refractivity contribution is 0.0516. The van der Waals surface area contributed by atoms with E-state index in [0.717, 1.165) is 11.4 Å². The Morgan fingerprint density at radius 2 is 2.05 bits per heavy atom. The highest BCUT2D eigenvalue weighted by molar-refractivity contribution is 5.91. The van der Waals surface area contributed by atoms with E-state index in [9.17, 15) is 4.79 Å². The Morgan fingerprint density at radius 1 is 1.32 bits per heavy atom. The van der Waals surface area contributed by atoms with Gasteiger partial charge in [0.05, 0.1) is 18.7 Å². The van der Waals surface area contributed by atoms with Gasteiger partial charge in [-0.25, -0.2) is 4.79 Å². The summed E-state index contributed by atoms with van der Waals surface area (Å²) in [5.74, 6) is -0.388. The van der Waals surface area contributed by atoms with Gasteiger partial charge in [-0.15, -0.1) is 0 Å². The van der Waals surface area contributed by atoms with Crippen molar-refractivity contribution in [1.29, 1.82) is 0 Å². The Hall–Kier alpha value is -2.72. The van der Waals surface area contributed by atoms with Gasteiger partial charge in [-0.3, -0.25) is 0 Å². The van der Waals surface area contributed by atoms with Crippen molar-refractivity contribution in [1.82, 2.24) is 4.57 Å². The molecular formula is C16H18N4O2. The summed E-state index contributed by atoms with van der Waals surface area (Å²) < 4.78 is 7.20. The zero-order valence-corrected chi connectivity index (χ0v) is 12.7. The van der Waals surface area contributed by atoms with Crippen LogP contribution in [-0.2, 0) is 11.3 Å². The molecule has 0 aliphatic heterocycles. The molecule has 22 heavy (non-hydrogen) atoms. The molecule has 0 amide bonds. The highest BCUT2D eigenvalue weighted by atomic mass is 16.5. The Labute approximate surface area is 129 Å². The summed E-state index contributed by atoms with van der Waals surface area (Å²) in [5, 5.41) is 3.34. The number of azide groups is 1. The van der Waals surface area contributed by atoms with Gasteiger partial charge in [0.25, 0.3) is 0 Å². The highest BCUT2D eigenvalue weighted by Crippen LogP contribution is 2.18. The van der Waals surface area contributed by atoms with Crippen molar-refractivity contribution in [3.8, 4) is 0 Å². The molecule has 6 nitrogen and oxygen atoms in total. The Kier molecular flexibility index (Phi) is 5.22. The zero-order chi connectivity index (χ0) is 15.9. The summed E-state index contributed by atoms with van der Waals surface area (Å²) in [6, 6.07) is 11.9. The van der Waals surface area contributed by atoms with Crippen molar-refractivity contribution in [2.45, 2.75) is 20.4 Å². The minimum atomic E-state index is -0.388. The predicted octanol–water partition coefficient (Wildman–Crippen LogP) is 3.62. The largest absolute Gasteiger partial charge is 0.462 e. The third-order valence-electron chi connectivity index (χ3n) is 3.46. The number of hydrogen-bond acceptors (Lipinski definition) is 3. The van der Waals surface area contributed by atoms with Crippen LogP contribution in [0.4, 0.5) is 0 Å². The molecule has 0 saturated carbocycles. The van der Waals surface area contributed by atoms with Gasteiger partial charge in [0.1, 0.15) is 0 Å². The lowest BCUT2D eigenvalue weighted by atomic mass is 10.2. The van der Waals surface area contributed by atoms with Crippen LogP contribution in [0.15, 0.2) is 41.5 Å². The van der Waals surface area contributed by atoms with Crippen LogP contribution in [0.25, 0.3) is 10.4 Å². The van der Waals surface area contributed by atoms with Crippen LogP contribution in [0.3, 0.4) is 0 Å². The molecule has 1 aromatic heterocycles. The first-order valence-corrected chi connectivity index (χ1v) is 7.02. The monoisotopic (exact) mass is 298 g/mol. The Balaban J connectivity index is 2.12. The van der Waals surface area contributed by atoms with Crippen LogP contribution in [0.1, 0.15) is 27.3 Å². The van der Waals surface area contributed by atoms with E-state index in [1.807, 2.05) is 38.1 Å². The SMILES string of the molecule is Cc1cc(C(=O)OCCN=[N+]=[N-])c(C)n1Cc1ccccc1. The zero-order valence-electron chi connectivity index (χ0n) is 12.7. The Morgan fingerprint density at radius 3 is 2.73 bits per heavy atom. The molecule has 0 bridgehead atoms. The van der Waals surface area contributed by atoms with Gasteiger partial charge in [-0.05, 0) is 31.0 Å². The molecule has 2 rings (SSSR count). The van der Waals surface area contributed by atoms with E-state index in [0.29, 0.717) is 12.1 Å². The van der Waals surface area contributed by atoms with Crippen LogP contribution in [0.5, 0.6) is 0 Å². The maximum atomic E-state index is 12.1. The molecule has 0 aliphatic carbocycles. The van der Waals surface area contributed by atoms with E-state index >= 15 is 0 Å². The molecule has 2 aromatic rings. The number of ether oxygens (including phenoxy) is 1. The van der Waals surface area contributed by atoms with Crippen LogP contribution in [0.2, 0.25) is 0 Å². The third kappa shape index (κ3) is 3.68. The molecule has 1 heterocycles. The molecule has 0 fully saturated rings. The molecule has 1 aromatic carbocycles. The minimum absolute atomic E-state index is 0.0885. The quantitative estimate of drug-likeness (QED) is 0.268. The fraction of sp³-hybridized carbons (Fsp3) is 0.312. The molecule has 0 spiro atoms. The van der Waals surface area contributed by atoms with Gasteiger partial charge < -0.3 is 9.30 Å². The smallest absolute Gasteiger partial charge is 0.339 e. The molecule has 6 heteroatoms. The summed E-state index contributed by atoms with van der Waals surface area (Å²) >= 11 is 0. The van der Waals surface area contributed by atoms with E-state index in [1.54, 1.807) is 0 Å². The van der Waals surface area contributed by atoms with Crippen molar-refractivity contribution in [2.75, 3.05) is 13.2 Å². The Bertz CT molecular complexity index is 700. The first kappa shape index (κ1) is 15.7. The van der Waals surface area contributed by atoms with Crippen LogP contribution in [-0.4, -0.2) is 23.7 Å². The van der Waals surface area contributed by atoms with Crippen molar-refractivity contribution in [3.63, 3.8) is 0 Å². The van der Waals surface area contributed by atoms with Gasteiger partial charge in [0.2, 0.25) is 0 Å². The standard InChI is InChI=1S/C16H18N4O2/c1-12-10-15(16(21)22-9-8-18-19-17)13(2)20(12)11-14-6-4-3-5-7-14/h3-7,10H,8-9,11H2,1-2H3. The van der Waals surface area contributed by atoms with E-state index < -0.39 is 0 Å². The summed E-state index contributed by atoms with van der Waals surface area (Å²) in [6.07, 6.45) is 0. The molecule has 0 radical (unpaired) electrons. The number of carbonyl (C=O) groups is 1. The maximum absolute atomic E-state index is 12.1. The molecular weight excluding hydrogens is 280 g/mol. The van der Waals surface area contributed by atoms with Gasteiger partial charge in [-0.1, -0.05) is 35.4 Å². The molecule has 0 unspecified atom stereocenters. The number of esters is 1. The lowest BCUT2D eigenvalue weighted by Crippen LogP contribution is -2.10. The molecule has 114 valence electrons. The fourth-order valence-electron chi connectivity index (χ4n) is 2.32. The van der Waals surface area contributed by atoms with Crippen molar-refractivity contribution >= 4 is 5.97 Å². The molecule has 0 saturated heterocycles. The van der Waals surface area contributed by atoms with Gasteiger partial charge >= 0.3 is 5.97 Å².